The first-order valence-electron chi connectivity index (χ1n) is 5.56. The molecule has 16 heavy (non-hydrogen) atoms. The standard InChI is InChI=1S/C11H22N2O3/c1-4-11(3,7-12)10(16)13-6-8(2)5-9(14)15/h8H,4-7,12H2,1-3H3,(H,13,16)(H,14,15). The molecule has 0 aliphatic carbocycles. The summed E-state index contributed by atoms with van der Waals surface area (Å²) < 4.78 is 0. The van der Waals surface area contributed by atoms with Crippen molar-refractivity contribution in [3.63, 3.8) is 0 Å². The van der Waals surface area contributed by atoms with Crippen LogP contribution in [0.3, 0.4) is 0 Å². The predicted molar refractivity (Wildman–Crippen MR) is 61.9 cm³/mol. The average molecular weight is 230 g/mol. The van der Waals surface area contributed by atoms with Gasteiger partial charge in [-0.05, 0) is 19.3 Å². The highest BCUT2D eigenvalue weighted by Crippen LogP contribution is 2.19. The molecule has 0 saturated carbocycles. The van der Waals surface area contributed by atoms with Crippen molar-refractivity contribution in [2.24, 2.45) is 17.1 Å². The number of amides is 1. The average Bonchev–Trinajstić information content (AvgIpc) is 2.23. The molecule has 0 aromatic rings. The second-order valence-electron chi connectivity index (χ2n) is 4.53. The van der Waals surface area contributed by atoms with Gasteiger partial charge in [-0.2, -0.15) is 0 Å². The highest BCUT2D eigenvalue weighted by molar-refractivity contribution is 5.82. The Kier molecular flexibility index (Phi) is 6.03. The SMILES string of the molecule is CCC(C)(CN)C(=O)NCC(C)CC(=O)O. The molecule has 2 unspecified atom stereocenters. The molecule has 0 saturated heterocycles. The maximum absolute atomic E-state index is 11.8. The van der Waals surface area contributed by atoms with Crippen LogP contribution in [0.1, 0.15) is 33.6 Å². The molecule has 0 heterocycles. The van der Waals surface area contributed by atoms with Crippen molar-refractivity contribution < 1.29 is 14.7 Å². The molecule has 5 heteroatoms. The summed E-state index contributed by atoms with van der Waals surface area (Å²) in [4.78, 5) is 22.2. The fourth-order valence-corrected chi connectivity index (χ4v) is 1.25. The largest absolute Gasteiger partial charge is 0.481 e. The summed E-state index contributed by atoms with van der Waals surface area (Å²) in [6.45, 7) is 6.18. The summed E-state index contributed by atoms with van der Waals surface area (Å²) in [6, 6.07) is 0. The number of carboxylic acid groups (broad SMARTS) is 1. The molecule has 0 spiro atoms. The minimum Gasteiger partial charge on any atom is -0.481 e. The van der Waals surface area contributed by atoms with Crippen molar-refractivity contribution in [3.8, 4) is 0 Å². The van der Waals surface area contributed by atoms with E-state index in [2.05, 4.69) is 5.32 Å². The van der Waals surface area contributed by atoms with Gasteiger partial charge in [-0.25, -0.2) is 0 Å². The highest BCUT2D eigenvalue weighted by Gasteiger charge is 2.29. The molecule has 0 fully saturated rings. The van der Waals surface area contributed by atoms with Gasteiger partial charge in [0.1, 0.15) is 0 Å². The summed E-state index contributed by atoms with van der Waals surface area (Å²) in [5.74, 6) is -1.02. The molecule has 0 bridgehead atoms. The van der Waals surface area contributed by atoms with E-state index in [1.807, 2.05) is 13.8 Å². The maximum atomic E-state index is 11.8. The van der Waals surface area contributed by atoms with E-state index in [0.717, 1.165) is 0 Å². The molecule has 2 atom stereocenters. The van der Waals surface area contributed by atoms with Gasteiger partial charge in [-0.3, -0.25) is 9.59 Å². The third kappa shape index (κ3) is 4.61. The lowest BCUT2D eigenvalue weighted by molar-refractivity contribution is -0.138. The van der Waals surface area contributed by atoms with Crippen molar-refractivity contribution in [3.05, 3.63) is 0 Å². The zero-order valence-electron chi connectivity index (χ0n) is 10.2. The fourth-order valence-electron chi connectivity index (χ4n) is 1.25. The molecule has 4 N–H and O–H groups in total. The van der Waals surface area contributed by atoms with Crippen LogP contribution >= 0.6 is 0 Å². The van der Waals surface area contributed by atoms with Crippen LogP contribution in [0.4, 0.5) is 0 Å². The van der Waals surface area contributed by atoms with E-state index in [1.165, 1.54) is 0 Å². The van der Waals surface area contributed by atoms with E-state index in [1.54, 1.807) is 6.92 Å². The fraction of sp³-hybridized carbons (Fsp3) is 0.818. The van der Waals surface area contributed by atoms with Gasteiger partial charge >= 0.3 is 5.97 Å². The smallest absolute Gasteiger partial charge is 0.303 e. The number of aliphatic carboxylic acids is 1. The van der Waals surface area contributed by atoms with Crippen LogP contribution in [0, 0.1) is 11.3 Å². The molecule has 0 rings (SSSR count). The molecule has 0 aliphatic heterocycles. The van der Waals surface area contributed by atoms with Gasteiger partial charge in [0.2, 0.25) is 5.91 Å². The molecule has 0 aromatic heterocycles. The van der Waals surface area contributed by atoms with Crippen LogP contribution in [-0.4, -0.2) is 30.1 Å². The van der Waals surface area contributed by atoms with Gasteiger partial charge < -0.3 is 16.2 Å². The Morgan fingerprint density at radius 2 is 2.06 bits per heavy atom. The Labute approximate surface area is 96.4 Å². The lowest BCUT2D eigenvalue weighted by Crippen LogP contribution is -2.44. The number of hydrogen-bond acceptors (Lipinski definition) is 3. The molecular formula is C11H22N2O3. The van der Waals surface area contributed by atoms with Crippen molar-refractivity contribution in [1.82, 2.24) is 5.32 Å². The van der Waals surface area contributed by atoms with Crippen molar-refractivity contribution in [2.75, 3.05) is 13.1 Å². The van der Waals surface area contributed by atoms with Crippen molar-refractivity contribution in [1.29, 1.82) is 0 Å². The van der Waals surface area contributed by atoms with Crippen LogP contribution < -0.4 is 11.1 Å². The summed E-state index contributed by atoms with van der Waals surface area (Å²) in [5, 5.41) is 11.3. The molecule has 1 amide bonds. The Morgan fingerprint density at radius 1 is 1.50 bits per heavy atom. The number of hydrogen-bond donors (Lipinski definition) is 3. The van der Waals surface area contributed by atoms with Gasteiger partial charge in [0, 0.05) is 19.5 Å². The van der Waals surface area contributed by atoms with Gasteiger partial charge in [0.15, 0.2) is 0 Å². The summed E-state index contributed by atoms with van der Waals surface area (Å²) in [5.41, 5.74) is 5.00. The number of nitrogens with one attached hydrogen (secondary N) is 1. The molecule has 0 radical (unpaired) electrons. The summed E-state index contributed by atoms with van der Waals surface area (Å²) in [7, 11) is 0. The van der Waals surface area contributed by atoms with E-state index in [0.29, 0.717) is 19.5 Å². The quantitative estimate of drug-likeness (QED) is 0.596. The van der Waals surface area contributed by atoms with Gasteiger partial charge in [-0.15, -0.1) is 0 Å². The number of nitrogens with two attached hydrogens (primary N) is 1. The second kappa shape index (κ2) is 6.48. The van der Waals surface area contributed by atoms with E-state index >= 15 is 0 Å². The van der Waals surface area contributed by atoms with E-state index < -0.39 is 11.4 Å². The Morgan fingerprint density at radius 3 is 2.44 bits per heavy atom. The van der Waals surface area contributed by atoms with Crippen LogP contribution in [0.2, 0.25) is 0 Å². The van der Waals surface area contributed by atoms with Crippen LogP contribution in [0.25, 0.3) is 0 Å². The number of carboxylic acids is 1. The highest BCUT2D eigenvalue weighted by atomic mass is 16.4. The number of carbonyl (C=O) groups is 2. The van der Waals surface area contributed by atoms with Crippen LogP contribution in [0.15, 0.2) is 0 Å². The topological polar surface area (TPSA) is 92.4 Å². The minimum atomic E-state index is -0.848. The minimum absolute atomic E-state index is 0.0613. The maximum Gasteiger partial charge on any atom is 0.303 e. The predicted octanol–water partition coefficient (Wildman–Crippen LogP) is 0.588. The normalized spacial score (nSPS) is 16.2. The van der Waals surface area contributed by atoms with Gasteiger partial charge in [0.05, 0.1) is 5.41 Å². The molecule has 94 valence electrons. The molecule has 0 aliphatic rings. The first kappa shape index (κ1) is 14.9. The lowest BCUT2D eigenvalue weighted by atomic mass is 9.86. The van der Waals surface area contributed by atoms with Crippen molar-refractivity contribution >= 4 is 11.9 Å². The Hall–Kier alpha value is -1.10. The molecule has 5 nitrogen and oxygen atoms in total. The van der Waals surface area contributed by atoms with Gasteiger partial charge in [-0.1, -0.05) is 13.8 Å². The van der Waals surface area contributed by atoms with Crippen LogP contribution in [0.5, 0.6) is 0 Å². The Balaban J connectivity index is 4.11. The molecular weight excluding hydrogens is 208 g/mol. The zero-order chi connectivity index (χ0) is 12.8. The summed E-state index contributed by atoms with van der Waals surface area (Å²) >= 11 is 0. The number of carbonyl (C=O) groups excluding carboxylic acids is 1. The molecule has 0 aromatic carbocycles. The first-order chi connectivity index (χ1) is 7.35. The second-order valence-corrected chi connectivity index (χ2v) is 4.53. The van der Waals surface area contributed by atoms with E-state index in [9.17, 15) is 9.59 Å². The van der Waals surface area contributed by atoms with Crippen LogP contribution in [-0.2, 0) is 9.59 Å². The monoisotopic (exact) mass is 230 g/mol. The number of rotatable bonds is 7. The summed E-state index contributed by atoms with van der Waals surface area (Å²) in [6.07, 6.45) is 0.731. The van der Waals surface area contributed by atoms with Crippen molar-refractivity contribution in [2.45, 2.75) is 33.6 Å². The lowest BCUT2D eigenvalue weighted by Gasteiger charge is -2.25. The third-order valence-corrected chi connectivity index (χ3v) is 2.91. The van der Waals surface area contributed by atoms with E-state index in [4.69, 9.17) is 10.8 Å². The van der Waals surface area contributed by atoms with Gasteiger partial charge in [0.25, 0.3) is 0 Å². The third-order valence-electron chi connectivity index (χ3n) is 2.91. The first-order valence-corrected chi connectivity index (χ1v) is 5.56. The van der Waals surface area contributed by atoms with E-state index in [-0.39, 0.29) is 18.2 Å². The zero-order valence-corrected chi connectivity index (χ0v) is 10.2. The Bertz CT molecular complexity index is 250.